The Hall–Kier alpha value is -3.33. The second-order valence-electron chi connectivity index (χ2n) is 7.35. The molecule has 0 saturated carbocycles. The van der Waals surface area contributed by atoms with E-state index < -0.39 is 36.2 Å². The molecule has 3 rings (SSSR count). The van der Waals surface area contributed by atoms with E-state index in [4.69, 9.17) is 4.74 Å². The fraction of sp³-hybridized carbons (Fsp3) is 0.273. The fourth-order valence-electron chi connectivity index (χ4n) is 2.79. The van der Waals surface area contributed by atoms with Crippen molar-refractivity contribution >= 4 is 44.5 Å². The Kier molecular flexibility index (Phi) is 6.96. The molecule has 0 aliphatic rings. The molecule has 0 radical (unpaired) electrons. The number of esters is 1. The third-order valence-electron chi connectivity index (χ3n) is 4.45. The highest BCUT2D eigenvalue weighted by Gasteiger charge is 2.27. The summed E-state index contributed by atoms with van der Waals surface area (Å²) in [6, 6.07) is 9.77. The van der Waals surface area contributed by atoms with Crippen LogP contribution in [0.3, 0.4) is 0 Å². The van der Waals surface area contributed by atoms with E-state index >= 15 is 0 Å². The van der Waals surface area contributed by atoms with Crippen LogP contribution in [0, 0.1) is 18.7 Å². The van der Waals surface area contributed by atoms with Gasteiger partial charge in [0, 0.05) is 5.56 Å². The summed E-state index contributed by atoms with van der Waals surface area (Å²) in [5, 5.41) is 5.59. The van der Waals surface area contributed by atoms with Crippen LogP contribution in [0.2, 0.25) is 0 Å². The molecule has 1 heterocycles. The summed E-state index contributed by atoms with van der Waals surface area (Å²) in [7, 11) is 0. The lowest BCUT2D eigenvalue weighted by molar-refractivity contribution is -0.150. The van der Waals surface area contributed by atoms with Gasteiger partial charge in [0.1, 0.15) is 11.9 Å². The zero-order valence-electron chi connectivity index (χ0n) is 17.3. The van der Waals surface area contributed by atoms with Gasteiger partial charge in [-0.15, -0.1) is 0 Å². The van der Waals surface area contributed by atoms with Crippen molar-refractivity contribution in [3.63, 3.8) is 0 Å². The smallest absolute Gasteiger partial charge is 0.329 e. The average Bonchev–Trinajstić information content (AvgIpc) is 3.11. The molecule has 7 nitrogen and oxygen atoms in total. The van der Waals surface area contributed by atoms with Crippen LogP contribution in [0.25, 0.3) is 10.2 Å². The molecule has 0 spiro atoms. The number of nitrogens with one attached hydrogen (secondary N) is 2. The van der Waals surface area contributed by atoms with Crippen LogP contribution in [0.4, 0.5) is 9.52 Å². The number of nitrogens with zero attached hydrogens (tertiary/aromatic N) is 1. The summed E-state index contributed by atoms with van der Waals surface area (Å²) in [5.41, 5.74) is 2.07. The second-order valence-corrected chi connectivity index (χ2v) is 8.38. The van der Waals surface area contributed by atoms with E-state index in [0.29, 0.717) is 5.13 Å². The molecule has 3 aromatic rings. The van der Waals surface area contributed by atoms with E-state index in [9.17, 15) is 18.8 Å². The minimum atomic E-state index is -0.962. The van der Waals surface area contributed by atoms with Crippen molar-refractivity contribution in [2.75, 3.05) is 11.9 Å². The van der Waals surface area contributed by atoms with Gasteiger partial charge in [-0.05, 0) is 54.8 Å². The monoisotopic (exact) mass is 443 g/mol. The average molecular weight is 444 g/mol. The first-order valence-corrected chi connectivity index (χ1v) is 10.4. The van der Waals surface area contributed by atoms with E-state index in [2.05, 4.69) is 15.6 Å². The number of carbonyl (C=O) groups is 3. The lowest BCUT2D eigenvalue weighted by Gasteiger charge is -2.20. The van der Waals surface area contributed by atoms with Gasteiger partial charge in [-0.3, -0.25) is 14.9 Å². The number of carbonyl (C=O) groups excluding carboxylic acids is 3. The minimum Gasteiger partial charge on any atom is -0.454 e. The Morgan fingerprint density at radius 3 is 2.52 bits per heavy atom. The van der Waals surface area contributed by atoms with Gasteiger partial charge in [0.2, 0.25) is 0 Å². The van der Waals surface area contributed by atoms with Crippen LogP contribution in [-0.2, 0) is 14.3 Å². The summed E-state index contributed by atoms with van der Waals surface area (Å²) < 4.78 is 19.1. The van der Waals surface area contributed by atoms with Gasteiger partial charge in [0.05, 0.1) is 10.2 Å². The van der Waals surface area contributed by atoms with Crippen LogP contribution in [-0.4, -0.2) is 35.4 Å². The number of anilines is 1. The Labute approximate surface area is 182 Å². The van der Waals surface area contributed by atoms with Crippen LogP contribution >= 0.6 is 11.3 Å². The molecule has 162 valence electrons. The minimum absolute atomic E-state index is 0.212. The highest BCUT2D eigenvalue weighted by Crippen LogP contribution is 2.26. The Bertz CT molecular complexity index is 1110. The quantitative estimate of drug-likeness (QED) is 0.543. The third kappa shape index (κ3) is 5.85. The molecule has 9 heteroatoms. The van der Waals surface area contributed by atoms with Crippen molar-refractivity contribution in [3.8, 4) is 0 Å². The molecular formula is C22H22FN3O4S. The number of aryl methyl sites for hydroxylation is 1. The molecule has 2 aromatic carbocycles. The summed E-state index contributed by atoms with van der Waals surface area (Å²) in [4.78, 5) is 41.3. The number of halogens is 1. The number of thiazole rings is 1. The van der Waals surface area contributed by atoms with Crippen molar-refractivity contribution in [3.05, 3.63) is 59.4 Å². The van der Waals surface area contributed by atoms with Crippen molar-refractivity contribution < 1.29 is 23.5 Å². The normalized spacial score (nSPS) is 11.9. The van der Waals surface area contributed by atoms with Gasteiger partial charge in [0.15, 0.2) is 11.7 Å². The van der Waals surface area contributed by atoms with Crippen LogP contribution < -0.4 is 10.6 Å². The molecule has 1 aromatic heterocycles. The standard InChI is InChI=1S/C22H22FN3O4S/c1-12(2)19(26-20(28)14-5-7-15(23)8-6-14)21(29)30-11-18(27)25-22-24-16-9-4-13(3)10-17(16)31-22/h4-10,12,19H,11H2,1-3H3,(H,26,28)(H,24,25,27)/t19-/m1/s1. The molecule has 0 bridgehead atoms. The third-order valence-corrected chi connectivity index (χ3v) is 5.38. The van der Waals surface area contributed by atoms with E-state index in [-0.39, 0.29) is 11.5 Å². The highest BCUT2D eigenvalue weighted by atomic mass is 32.1. The first-order chi connectivity index (χ1) is 14.7. The molecule has 2 N–H and O–H groups in total. The zero-order valence-corrected chi connectivity index (χ0v) is 18.1. The first kappa shape index (κ1) is 22.4. The first-order valence-electron chi connectivity index (χ1n) is 9.63. The number of ether oxygens (including phenoxy) is 1. The van der Waals surface area contributed by atoms with Gasteiger partial charge < -0.3 is 10.1 Å². The van der Waals surface area contributed by atoms with Gasteiger partial charge >= 0.3 is 5.97 Å². The summed E-state index contributed by atoms with van der Waals surface area (Å²) in [6.45, 7) is 4.93. The van der Waals surface area contributed by atoms with Crippen LogP contribution in [0.15, 0.2) is 42.5 Å². The Morgan fingerprint density at radius 1 is 1.13 bits per heavy atom. The molecule has 0 fully saturated rings. The Morgan fingerprint density at radius 2 is 1.84 bits per heavy atom. The molecular weight excluding hydrogens is 421 g/mol. The topological polar surface area (TPSA) is 97.4 Å². The number of aromatic nitrogens is 1. The van der Waals surface area contributed by atoms with Crippen molar-refractivity contribution in [2.24, 2.45) is 5.92 Å². The van der Waals surface area contributed by atoms with Crippen molar-refractivity contribution in [1.82, 2.24) is 10.3 Å². The predicted molar refractivity (Wildman–Crippen MR) is 116 cm³/mol. The predicted octanol–water partition coefficient (Wildman–Crippen LogP) is 3.68. The Balaban J connectivity index is 1.56. The van der Waals surface area contributed by atoms with Crippen molar-refractivity contribution in [1.29, 1.82) is 0 Å². The van der Waals surface area contributed by atoms with E-state index in [1.807, 2.05) is 25.1 Å². The number of amides is 2. The molecule has 0 saturated heterocycles. The summed E-state index contributed by atoms with van der Waals surface area (Å²) >= 11 is 1.33. The summed E-state index contributed by atoms with van der Waals surface area (Å²) in [6.07, 6.45) is 0. The number of rotatable bonds is 7. The maximum atomic E-state index is 13.0. The SMILES string of the molecule is Cc1ccc2nc(NC(=O)COC(=O)[C@H](NC(=O)c3ccc(F)cc3)C(C)C)sc2c1. The molecule has 0 unspecified atom stereocenters. The van der Waals surface area contributed by atoms with E-state index in [1.165, 1.54) is 23.5 Å². The number of benzene rings is 2. The van der Waals surface area contributed by atoms with Crippen LogP contribution in [0.1, 0.15) is 29.8 Å². The zero-order chi connectivity index (χ0) is 22.5. The maximum Gasteiger partial charge on any atom is 0.329 e. The van der Waals surface area contributed by atoms with Gasteiger partial charge in [-0.2, -0.15) is 0 Å². The summed E-state index contributed by atoms with van der Waals surface area (Å²) in [5.74, 6) is -2.56. The van der Waals surface area contributed by atoms with E-state index in [1.54, 1.807) is 13.8 Å². The molecule has 1 atom stereocenters. The second kappa shape index (κ2) is 9.65. The molecule has 0 aliphatic carbocycles. The lowest BCUT2D eigenvalue weighted by Crippen LogP contribution is -2.45. The molecule has 2 amide bonds. The van der Waals surface area contributed by atoms with Crippen LogP contribution in [0.5, 0.6) is 0 Å². The largest absolute Gasteiger partial charge is 0.454 e. The fourth-order valence-corrected chi connectivity index (χ4v) is 3.77. The number of hydrogen-bond acceptors (Lipinski definition) is 6. The molecule has 0 aliphatic heterocycles. The molecule has 31 heavy (non-hydrogen) atoms. The van der Waals surface area contributed by atoms with Gasteiger partial charge in [0.25, 0.3) is 11.8 Å². The number of hydrogen-bond donors (Lipinski definition) is 2. The van der Waals surface area contributed by atoms with Gasteiger partial charge in [-0.1, -0.05) is 31.3 Å². The maximum absolute atomic E-state index is 13.0. The lowest BCUT2D eigenvalue weighted by atomic mass is 10.0. The highest BCUT2D eigenvalue weighted by molar-refractivity contribution is 7.22. The van der Waals surface area contributed by atoms with E-state index in [0.717, 1.165) is 27.9 Å². The number of fused-ring (bicyclic) bond motifs is 1. The van der Waals surface area contributed by atoms with Gasteiger partial charge in [-0.25, -0.2) is 14.2 Å². The van der Waals surface area contributed by atoms with Crippen molar-refractivity contribution in [2.45, 2.75) is 26.8 Å².